The quantitative estimate of drug-likeness (QED) is 0.770. The van der Waals surface area contributed by atoms with Crippen LogP contribution in [0.4, 0.5) is 10.5 Å². The predicted octanol–water partition coefficient (Wildman–Crippen LogP) is 1.34. The van der Waals surface area contributed by atoms with E-state index in [1.54, 1.807) is 12.1 Å². The van der Waals surface area contributed by atoms with Gasteiger partial charge in [-0.15, -0.1) is 0 Å². The molecule has 1 aromatic heterocycles. The summed E-state index contributed by atoms with van der Waals surface area (Å²) in [6.45, 7) is 2.19. The van der Waals surface area contributed by atoms with Crippen molar-refractivity contribution in [2.24, 2.45) is 5.92 Å². The summed E-state index contributed by atoms with van der Waals surface area (Å²) in [5, 5.41) is 12.3. The Balaban J connectivity index is 1.51. The zero-order chi connectivity index (χ0) is 17.2. The lowest BCUT2D eigenvalue weighted by atomic mass is 10.1. The molecule has 2 amide bonds. The summed E-state index contributed by atoms with van der Waals surface area (Å²) in [4.78, 5) is 16.1. The summed E-state index contributed by atoms with van der Waals surface area (Å²) in [6.07, 6.45) is 0.605. The maximum atomic E-state index is 11.9. The van der Waals surface area contributed by atoms with Crippen molar-refractivity contribution in [1.29, 1.82) is 0 Å². The standard InChI is InChI=1S/C15H19N5O3S/c1-10-17-14(20-19-10)12-2-4-13(5-3-12)18-15(21)16-8-11-6-7-24(22,23)9-11/h2-5,11H,6-9H2,1H3,(H2,16,18,21)(H,17,19,20). The van der Waals surface area contributed by atoms with Crippen LogP contribution in [-0.2, 0) is 9.84 Å². The Morgan fingerprint density at radius 1 is 1.33 bits per heavy atom. The molecule has 9 heteroatoms. The minimum absolute atomic E-state index is 0.00268. The number of hydrogen-bond acceptors (Lipinski definition) is 5. The van der Waals surface area contributed by atoms with E-state index in [1.807, 2.05) is 19.1 Å². The van der Waals surface area contributed by atoms with Crippen molar-refractivity contribution < 1.29 is 13.2 Å². The molecule has 0 bridgehead atoms. The molecule has 2 aromatic rings. The minimum Gasteiger partial charge on any atom is -0.338 e. The number of benzene rings is 1. The number of aromatic amines is 1. The van der Waals surface area contributed by atoms with Gasteiger partial charge in [-0.2, -0.15) is 5.10 Å². The van der Waals surface area contributed by atoms with Crippen LogP contribution in [0, 0.1) is 12.8 Å². The van der Waals surface area contributed by atoms with E-state index in [0.717, 1.165) is 11.4 Å². The highest BCUT2D eigenvalue weighted by molar-refractivity contribution is 7.91. The van der Waals surface area contributed by atoms with E-state index < -0.39 is 9.84 Å². The van der Waals surface area contributed by atoms with Crippen molar-refractivity contribution in [3.63, 3.8) is 0 Å². The van der Waals surface area contributed by atoms with Gasteiger partial charge >= 0.3 is 6.03 Å². The predicted molar refractivity (Wildman–Crippen MR) is 90.3 cm³/mol. The second-order valence-electron chi connectivity index (χ2n) is 5.93. The maximum Gasteiger partial charge on any atom is 0.319 e. The molecule has 1 fully saturated rings. The van der Waals surface area contributed by atoms with Gasteiger partial charge in [-0.1, -0.05) is 0 Å². The Hall–Kier alpha value is -2.42. The van der Waals surface area contributed by atoms with Gasteiger partial charge in [-0.3, -0.25) is 5.10 Å². The Bertz CT molecular complexity index is 829. The molecule has 1 unspecified atom stereocenters. The summed E-state index contributed by atoms with van der Waals surface area (Å²) in [5.41, 5.74) is 1.49. The first-order chi connectivity index (χ1) is 11.4. The average Bonchev–Trinajstić information content (AvgIpc) is 3.11. The molecule has 8 nitrogen and oxygen atoms in total. The van der Waals surface area contributed by atoms with Gasteiger partial charge in [0, 0.05) is 17.8 Å². The van der Waals surface area contributed by atoms with E-state index in [2.05, 4.69) is 25.8 Å². The summed E-state index contributed by atoms with van der Waals surface area (Å²) < 4.78 is 22.8. The second kappa shape index (κ2) is 6.60. The first kappa shape index (κ1) is 16.4. The van der Waals surface area contributed by atoms with Gasteiger partial charge in [0.25, 0.3) is 0 Å². The van der Waals surface area contributed by atoms with Crippen molar-refractivity contribution in [3.05, 3.63) is 30.1 Å². The summed E-state index contributed by atoms with van der Waals surface area (Å²) in [7, 11) is -2.92. The molecule has 1 aliphatic heterocycles. The van der Waals surface area contributed by atoms with Crippen molar-refractivity contribution in [1.82, 2.24) is 20.5 Å². The summed E-state index contributed by atoms with van der Waals surface area (Å²) in [5.74, 6) is 1.70. The average molecular weight is 349 g/mol. The molecule has 1 saturated heterocycles. The first-order valence-corrected chi connectivity index (χ1v) is 9.48. The van der Waals surface area contributed by atoms with E-state index in [9.17, 15) is 13.2 Å². The van der Waals surface area contributed by atoms with E-state index in [0.29, 0.717) is 24.5 Å². The lowest BCUT2D eigenvalue weighted by molar-refractivity contribution is 0.250. The Labute approximate surface area is 140 Å². The molecule has 2 heterocycles. The smallest absolute Gasteiger partial charge is 0.319 e. The zero-order valence-corrected chi connectivity index (χ0v) is 14.1. The fraction of sp³-hybridized carbons (Fsp3) is 0.400. The van der Waals surface area contributed by atoms with Crippen LogP contribution in [0.1, 0.15) is 12.2 Å². The molecule has 1 aromatic carbocycles. The molecule has 128 valence electrons. The van der Waals surface area contributed by atoms with Crippen LogP contribution in [0.5, 0.6) is 0 Å². The number of rotatable bonds is 4. The number of sulfone groups is 1. The van der Waals surface area contributed by atoms with Gasteiger partial charge < -0.3 is 10.6 Å². The molecule has 3 rings (SSSR count). The van der Waals surface area contributed by atoms with Gasteiger partial charge in [0.1, 0.15) is 5.82 Å². The Morgan fingerprint density at radius 3 is 2.67 bits per heavy atom. The summed E-state index contributed by atoms with van der Waals surface area (Å²) in [6, 6.07) is 6.82. The second-order valence-corrected chi connectivity index (χ2v) is 8.15. The number of anilines is 1. The number of hydrogen-bond donors (Lipinski definition) is 3. The molecule has 3 N–H and O–H groups in total. The Morgan fingerprint density at radius 2 is 2.08 bits per heavy atom. The van der Waals surface area contributed by atoms with Crippen molar-refractivity contribution in [2.45, 2.75) is 13.3 Å². The molecule has 0 saturated carbocycles. The highest BCUT2D eigenvalue weighted by atomic mass is 32.2. The normalized spacial score (nSPS) is 19.1. The molecule has 0 aliphatic carbocycles. The van der Waals surface area contributed by atoms with E-state index >= 15 is 0 Å². The fourth-order valence-corrected chi connectivity index (χ4v) is 4.48. The zero-order valence-electron chi connectivity index (χ0n) is 13.2. The third-order valence-corrected chi connectivity index (χ3v) is 5.71. The van der Waals surface area contributed by atoms with Crippen molar-refractivity contribution in [2.75, 3.05) is 23.4 Å². The molecule has 24 heavy (non-hydrogen) atoms. The number of aryl methyl sites for hydroxylation is 1. The lowest BCUT2D eigenvalue weighted by Gasteiger charge is -2.11. The van der Waals surface area contributed by atoms with Crippen LogP contribution in [0.25, 0.3) is 11.4 Å². The summed E-state index contributed by atoms with van der Waals surface area (Å²) >= 11 is 0. The number of aromatic nitrogens is 3. The third kappa shape index (κ3) is 4.10. The minimum atomic E-state index is -2.92. The number of nitrogens with zero attached hydrogens (tertiary/aromatic N) is 2. The number of H-pyrrole nitrogens is 1. The van der Waals surface area contributed by atoms with Gasteiger partial charge in [0.2, 0.25) is 0 Å². The van der Waals surface area contributed by atoms with E-state index in [1.165, 1.54) is 0 Å². The van der Waals surface area contributed by atoms with Crippen LogP contribution in [-0.4, -0.2) is 47.7 Å². The van der Waals surface area contributed by atoms with Gasteiger partial charge in [-0.25, -0.2) is 18.2 Å². The van der Waals surface area contributed by atoms with E-state index in [-0.39, 0.29) is 23.5 Å². The van der Waals surface area contributed by atoms with Crippen LogP contribution in [0.2, 0.25) is 0 Å². The number of urea groups is 1. The molecule has 0 radical (unpaired) electrons. The third-order valence-electron chi connectivity index (χ3n) is 3.88. The monoisotopic (exact) mass is 349 g/mol. The topological polar surface area (TPSA) is 117 Å². The molecular weight excluding hydrogens is 330 g/mol. The van der Waals surface area contributed by atoms with Crippen LogP contribution < -0.4 is 10.6 Å². The fourth-order valence-electron chi connectivity index (χ4n) is 2.62. The highest BCUT2D eigenvalue weighted by Crippen LogP contribution is 2.19. The van der Waals surface area contributed by atoms with Crippen molar-refractivity contribution >= 4 is 21.6 Å². The van der Waals surface area contributed by atoms with Gasteiger partial charge in [0.15, 0.2) is 15.7 Å². The molecule has 0 spiro atoms. The van der Waals surface area contributed by atoms with Crippen LogP contribution >= 0.6 is 0 Å². The highest BCUT2D eigenvalue weighted by Gasteiger charge is 2.27. The first-order valence-electron chi connectivity index (χ1n) is 7.66. The number of nitrogens with one attached hydrogen (secondary N) is 3. The Kier molecular flexibility index (Phi) is 4.52. The van der Waals surface area contributed by atoms with Crippen LogP contribution in [0.3, 0.4) is 0 Å². The van der Waals surface area contributed by atoms with Gasteiger partial charge in [0.05, 0.1) is 11.5 Å². The number of carbonyl (C=O) groups excluding carboxylic acids is 1. The van der Waals surface area contributed by atoms with E-state index in [4.69, 9.17) is 0 Å². The van der Waals surface area contributed by atoms with Crippen molar-refractivity contribution in [3.8, 4) is 11.4 Å². The maximum absolute atomic E-state index is 11.9. The molecule has 1 atom stereocenters. The number of carbonyl (C=O) groups is 1. The SMILES string of the molecule is Cc1nc(-c2ccc(NC(=O)NCC3CCS(=O)(=O)C3)cc2)n[nH]1. The van der Waals surface area contributed by atoms with Gasteiger partial charge in [-0.05, 0) is 43.5 Å². The largest absolute Gasteiger partial charge is 0.338 e. The molecular formula is C15H19N5O3S. The molecule has 1 aliphatic rings. The van der Waals surface area contributed by atoms with Crippen LogP contribution in [0.15, 0.2) is 24.3 Å². The number of amides is 2. The lowest BCUT2D eigenvalue weighted by Crippen LogP contribution is -2.33.